The van der Waals surface area contributed by atoms with E-state index in [1.165, 1.54) is 6.92 Å². The maximum Gasteiger partial charge on any atom is 0.151 e. The second kappa shape index (κ2) is 5.32. The van der Waals surface area contributed by atoms with Gasteiger partial charge in [0, 0.05) is 0 Å². The van der Waals surface area contributed by atoms with Gasteiger partial charge in [-0.25, -0.2) is 0 Å². The van der Waals surface area contributed by atoms with Crippen LogP contribution in [0.3, 0.4) is 0 Å². The van der Waals surface area contributed by atoms with Gasteiger partial charge >= 0.3 is 0 Å². The highest BCUT2D eigenvalue weighted by atomic mass is 16.5. The summed E-state index contributed by atoms with van der Waals surface area (Å²) >= 11 is 0. The third-order valence-electron chi connectivity index (χ3n) is 2.40. The number of nitriles is 1. The molecule has 0 aromatic heterocycles. The van der Waals surface area contributed by atoms with E-state index in [9.17, 15) is 4.79 Å². The molecule has 0 heterocycles. The number of ether oxygens (including phenoxy) is 1. The Bertz CT molecular complexity index is 432. The Balaban J connectivity index is 3.07. The molecule has 1 atom stereocenters. The third kappa shape index (κ3) is 2.60. The molecule has 0 unspecified atom stereocenters. The van der Waals surface area contributed by atoms with Crippen molar-refractivity contribution >= 4 is 5.78 Å². The van der Waals surface area contributed by atoms with E-state index in [1.54, 1.807) is 12.1 Å². The Morgan fingerprint density at radius 3 is 2.69 bits per heavy atom. The molecule has 0 radical (unpaired) electrons. The van der Waals surface area contributed by atoms with Gasteiger partial charge in [-0.15, -0.1) is 0 Å². The summed E-state index contributed by atoms with van der Waals surface area (Å²) in [6.45, 7) is 5.83. The first kappa shape index (κ1) is 12.3. The van der Waals surface area contributed by atoms with Crippen LogP contribution in [-0.4, -0.2) is 12.4 Å². The summed E-state index contributed by atoms with van der Waals surface area (Å²) in [4.78, 5) is 11.3. The first-order valence-corrected chi connectivity index (χ1v) is 5.23. The molecule has 1 aromatic carbocycles. The van der Waals surface area contributed by atoms with Gasteiger partial charge in [0.05, 0.1) is 12.7 Å². The normalized spacial score (nSPS) is 11.6. The maximum absolute atomic E-state index is 11.3. The van der Waals surface area contributed by atoms with Crippen molar-refractivity contribution in [2.24, 2.45) is 0 Å². The standard InChI is InChI=1S/C13H15NO2/c1-4-16-11-5-6-12(9(2)7-11)13(8-14)10(3)15/h5-7,13H,4H2,1-3H3/t13-/m1/s1. The summed E-state index contributed by atoms with van der Waals surface area (Å²) in [5, 5.41) is 8.94. The van der Waals surface area contributed by atoms with Crippen LogP contribution in [0.25, 0.3) is 0 Å². The van der Waals surface area contributed by atoms with Crippen LogP contribution in [0.2, 0.25) is 0 Å². The topological polar surface area (TPSA) is 50.1 Å². The molecule has 1 aromatic rings. The van der Waals surface area contributed by atoms with Gasteiger partial charge in [-0.2, -0.15) is 5.26 Å². The van der Waals surface area contributed by atoms with Crippen molar-refractivity contribution in [3.63, 3.8) is 0 Å². The lowest BCUT2D eigenvalue weighted by molar-refractivity contribution is -0.117. The van der Waals surface area contributed by atoms with Gasteiger partial charge in [0.2, 0.25) is 0 Å². The SMILES string of the molecule is CCOc1ccc([C@H](C#N)C(C)=O)c(C)c1. The number of benzene rings is 1. The van der Waals surface area contributed by atoms with E-state index >= 15 is 0 Å². The van der Waals surface area contributed by atoms with Gasteiger partial charge in [-0.05, 0) is 44.0 Å². The van der Waals surface area contributed by atoms with Crippen LogP contribution >= 0.6 is 0 Å². The van der Waals surface area contributed by atoms with Crippen LogP contribution in [0.4, 0.5) is 0 Å². The summed E-state index contributed by atoms with van der Waals surface area (Å²) in [5.74, 6) is -0.0329. The molecular weight excluding hydrogens is 202 g/mol. The van der Waals surface area contributed by atoms with Crippen molar-refractivity contribution in [2.45, 2.75) is 26.7 Å². The zero-order chi connectivity index (χ0) is 12.1. The molecule has 3 heteroatoms. The number of Topliss-reactive ketones (excluding diaryl/α,β-unsaturated/α-hetero) is 1. The fourth-order valence-corrected chi connectivity index (χ4v) is 1.61. The molecule has 0 saturated carbocycles. The van der Waals surface area contributed by atoms with Crippen LogP contribution in [0.1, 0.15) is 30.9 Å². The van der Waals surface area contributed by atoms with E-state index in [4.69, 9.17) is 10.00 Å². The molecule has 0 bridgehead atoms. The minimum Gasteiger partial charge on any atom is -0.494 e. The van der Waals surface area contributed by atoms with Crippen LogP contribution in [0, 0.1) is 18.3 Å². The quantitative estimate of drug-likeness (QED) is 0.778. The van der Waals surface area contributed by atoms with E-state index < -0.39 is 5.92 Å². The van der Waals surface area contributed by atoms with Gasteiger partial charge in [-0.1, -0.05) is 6.07 Å². The van der Waals surface area contributed by atoms with Gasteiger partial charge in [-0.3, -0.25) is 4.79 Å². The van der Waals surface area contributed by atoms with Gasteiger partial charge in [0.15, 0.2) is 5.78 Å². The highest BCUT2D eigenvalue weighted by Gasteiger charge is 2.18. The van der Waals surface area contributed by atoms with Crippen molar-refractivity contribution in [1.29, 1.82) is 5.26 Å². The predicted octanol–water partition coefficient (Wildman–Crippen LogP) is 2.59. The molecule has 0 spiro atoms. The van der Waals surface area contributed by atoms with Crippen LogP contribution in [-0.2, 0) is 4.79 Å². The van der Waals surface area contributed by atoms with Crippen LogP contribution < -0.4 is 4.74 Å². The number of carbonyl (C=O) groups excluding carboxylic acids is 1. The number of nitrogens with zero attached hydrogens (tertiary/aromatic N) is 1. The number of hydrogen-bond acceptors (Lipinski definition) is 3. The average molecular weight is 217 g/mol. The fraction of sp³-hybridized carbons (Fsp3) is 0.385. The average Bonchev–Trinajstić information content (AvgIpc) is 2.22. The summed E-state index contributed by atoms with van der Waals surface area (Å²) < 4.78 is 5.35. The highest BCUT2D eigenvalue weighted by Crippen LogP contribution is 2.24. The van der Waals surface area contributed by atoms with E-state index in [0.717, 1.165) is 16.9 Å². The number of ketones is 1. The number of hydrogen-bond donors (Lipinski definition) is 0. The van der Waals surface area contributed by atoms with E-state index in [-0.39, 0.29) is 5.78 Å². The van der Waals surface area contributed by atoms with Crippen molar-refractivity contribution in [3.8, 4) is 11.8 Å². The third-order valence-corrected chi connectivity index (χ3v) is 2.40. The van der Waals surface area contributed by atoms with Crippen LogP contribution in [0.5, 0.6) is 5.75 Å². The Morgan fingerprint density at radius 2 is 2.25 bits per heavy atom. The minimum atomic E-state index is -0.671. The molecule has 0 aliphatic carbocycles. The van der Waals surface area contributed by atoms with Crippen molar-refractivity contribution in [1.82, 2.24) is 0 Å². The van der Waals surface area contributed by atoms with E-state index in [1.807, 2.05) is 26.0 Å². The summed E-state index contributed by atoms with van der Waals surface area (Å²) in [6, 6.07) is 7.45. The first-order chi connectivity index (χ1) is 7.60. The molecule has 0 N–H and O–H groups in total. The number of aryl methyl sites for hydroxylation is 1. The predicted molar refractivity (Wildman–Crippen MR) is 61.4 cm³/mol. The molecule has 3 nitrogen and oxygen atoms in total. The minimum absolute atomic E-state index is 0.130. The zero-order valence-corrected chi connectivity index (χ0v) is 9.78. The lowest BCUT2D eigenvalue weighted by Crippen LogP contribution is -2.08. The van der Waals surface area contributed by atoms with E-state index in [0.29, 0.717) is 6.61 Å². The second-order valence-corrected chi connectivity index (χ2v) is 3.62. The first-order valence-electron chi connectivity index (χ1n) is 5.23. The second-order valence-electron chi connectivity index (χ2n) is 3.62. The van der Waals surface area contributed by atoms with Gasteiger partial charge in [0.1, 0.15) is 11.7 Å². The summed E-state index contributed by atoms with van der Waals surface area (Å²) in [7, 11) is 0. The Morgan fingerprint density at radius 1 is 1.56 bits per heavy atom. The maximum atomic E-state index is 11.3. The Labute approximate surface area is 95.7 Å². The van der Waals surface area contributed by atoms with E-state index in [2.05, 4.69) is 0 Å². The number of rotatable bonds is 4. The van der Waals surface area contributed by atoms with Crippen molar-refractivity contribution in [2.75, 3.05) is 6.61 Å². The van der Waals surface area contributed by atoms with Gasteiger partial charge in [0.25, 0.3) is 0 Å². The summed E-state index contributed by atoms with van der Waals surface area (Å²) in [6.07, 6.45) is 0. The molecule has 0 aliphatic rings. The molecule has 16 heavy (non-hydrogen) atoms. The molecular formula is C13H15NO2. The van der Waals surface area contributed by atoms with Crippen LogP contribution in [0.15, 0.2) is 18.2 Å². The molecule has 0 aliphatic heterocycles. The van der Waals surface area contributed by atoms with Gasteiger partial charge < -0.3 is 4.74 Å². The van der Waals surface area contributed by atoms with Crippen molar-refractivity contribution in [3.05, 3.63) is 29.3 Å². The molecule has 1 rings (SSSR count). The molecule has 0 amide bonds. The molecule has 0 saturated heterocycles. The Hall–Kier alpha value is -1.82. The zero-order valence-electron chi connectivity index (χ0n) is 9.78. The largest absolute Gasteiger partial charge is 0.494 e. The molecule has 84 valence electrons. The fourth-order valence-electron chi connectivity index (χ4n) is 1.61. The lowest BCUT2D eigenvalue weighted by atomic mass is 9.93. The smallest absolute Gasteiger partial charge is 0.151 e. The summed E-state index contributed by atoms with van der Waals surface area (Å²) in [5.41, 5.74) is 1.67. The highest BCUT2D eigenvalue weighted by molar-refractivity contribution is 5.86. The number of carbonyl (C=O) groups is 1. The molecule has 0 fully saturated rings. The van der Waals surface area contributed by atoms with Crippen molar-refractivity contribution < 1.29 is 9.53 Å². The Kier molecular flexibility index (Phi) is 4.07. The monoisotopic (exact) mass is 217 g/mol. The lowest BCUT2D eigenvalue weighted by Gasteiger charge is -2.11.